The number of hydrogen-bond acceptors (Lipinski definition) is 1. The lowest BCUT2D eigenvalue weighted by molar-refractivity contribution is 0.156. The minimum absolute atomic E-state index is 0.251. The lowest BCUT2D eigenvalue weighted by Gasteiger charge is -2.28. The molecular weight excluding hydrogens is 188 g/mol. The largest absolute Gasteiger partial charge is 0.325 e. The number of likely N-dealkylation sites (tertiary alicyclic amines) is 1. The fourth-order valence-corrected chi connectivity index (χ4v) is 2.12. The van der Waals surface area contributed by atoms with Crippen molar-refractivity contribution >= 4 is 6.03 Å². The molecule has 1 heterocycles. The summed E-state index contributed by atoms with van der Waals surface area (Å²) in [4.78, 5) is 16.1. The van der Waals surface area contributed by atoms with Crippen molar-refractivity contribution in [3.05, 3.63) is 0 Å². The minimum Gasteiger partial charge on any atom is -0.325 e. The Morgan fingerprint density at radius 2 is 1.73 bits per heavy atom. The summed E-state index contributed by atoms with van der Waals surface area (Å²) in [6, 6.07) is 0.251. The van der Waals surface area contributed by atoms with E-state index in [1.165, 1.54) is 25.7 Å². The summed E-state index contributed by atoms with van der Waals surface area (Å²) in [5, 5.41) is 0. The van der Waals surface area contributed by atoms with E-state index in [9.17, 15) is 4.79 Å². The van der Waals surface area contributed by atoms with E-state index in [0.717, 1.165) is 32.6 Å². The smallest absolute Gasteiger partial charge is 0.319 e. The number of carbonyl (C=O) groups excluding carboxylic acids is 1. The van der Waals surface area contributed by atoms with Crippen molar-refractivity contribution < 1.29 is 4.79 Å². The van der Waals surface area contributed by atoms with E-state index in [4.69, 9.17) is 0 Å². The molecule has 0 bridgehead atoms. The van der Waals surface area contributed by atoms with Crippen LogP contribution in [0.3, 0.4) is 0 Å². The standard InChI is InChI=1S/C12H24N2O/c1-3-9-13(4-2)12(15)14-10-7-5-6-8-11-14/h3-11H2,1-2H3. The highest BCUT2D eigenvalue weighted by molar-refractivity contribution is 5.74. The predicted octanol–water partition coefficient (Wildman–Crippen LogP) is 2.71. The molecule has 2 amide bonds. The van der Waals surface area contributed by atoms with Crippen LogP contribution in [0.15, 0.2) is 0 Å². The van der Waals surface area contributed by atoms with Crippen LogP contribution in [0.25, 0.3) is 0 Å². The molecule has 1 aliphatic rings. The number of urea groups is 1. The van der Waals surface area contributed by atoms with Gasteiger partial charge in [0, 0.05) is 26.2 Å². The summed E-state index contributed by atoms with van der Waals surface area (Å²) >= 11 is 0. The monoisotopic (exact) mass is 212 g/mol. The van der Waals surface area contributed by atoms with Crippen molar-refractivity contribution in [1.82, 2.24) is 9.80 Å². The van der Waals surface area contributed by atoms with Crippen LogP contribution in [-0.2, 0) is 0 Å². The van der Waals surface area contributed by atoms with Gasteiger partial charge in [0.25, 0.3) is 0 Å². The molecule has 0 atom stereocenters. The van der Waals surface area contributed by atoms with Crippen LogP contribution in [-0.4, -0.2) is 42.0 Å². The van der Waals surface area contributed by atoms with Gasteiger partial charge in [-0.3, -0.25) is 0 Å². The molecule has 15 heavy (non-hydrogen) atoms. The van der Waals surface area contributed by atoms with Gasteiger partial charge >= 0.3 is 6.03 Å². The SMILES string of the molecule is CCCN(CC)C(=O)N1CCCCCC1. The molecular formula is C12H24N2O. The third-order valence-corrected chi connectivity index (χ3v) is 3.02. The number of amides is 2. The molecule has 0 saturated carbocycles. The molecule has 3 heteroatoms. The highest BCUT2D eigenvalue weighted by Gasteiger charge is 2.19. The lowest BCUT2D eigenvalue weighted by atomic mass is 10.2. The van der Waals surface area contributed by atoms with E-state index in [1.807, 2.05) is 9.80 Å². The first-order valence-electron chi connectivity index (χ1n) is 6.33. The first-order chi connectivity index (χ1) is 7.29. The van der Waals surface area contributed by atoms with Crippen LogP contribution in [0, 0.1) is 0 Å². The van der Waals surface area contributed by atoms with Crippen LogP contribution >= 0.6 is 0 Å². The van der Waals surface area contributed by atoms with Crippen molar-refractivity contribution in [2.24, 2.45) is 0 Å². The van der Waals surface area contributed by atoms with Gasteiger partial charge in [0.2, 0.25) is 0 Å². The molecule has 0 aromatic heterocycles. The molecule has 0 aliphatic carbocycles. The van der Waals surface area contributed by atoms with E-state index in [1.54, 1.807) is 0 Å². The maximum atomic E-state index is 12.1. The zero-order valence-corrected chi connectivity index (χ0v) is 10.2. The highest BCUT2D eigenvalue weighted by Crippen LogP contribution is 2.11. The Morgan fingerprint density at radius 1 is 1.13 bits per heavy atom. The van der Waals surface area contributed by atoms with Gasteiger partial charge in [-0.2, -0.15) is 0 Å². The van der Waals surface area contributed by atoms with Crippen LogP contribution in [0.4, 0.5) is 4.79 Å². The quantitative estimate of drug-likeness (QED) is 0.705. The van der Waals surface area contributed by atoms with Gasteiger partial charge in [0.05, 0.1) is 0 Å². The molecule has 0 spiro atoms. The Morgan fingerprint density at radius 3 is 2.20 bits per heavy atom. The second-order valence-electron chi connectivity index (χ2n) is 4.26. The first kappa shape index (κ1) is 12.3. The minimum atomic E-state index is 0.251. The molecule has 1 aliphatic heterocycles. The van der Waals surface area contributed by atoms with Crippen LogP contribution < -0.4 is 0 Å². The Bertz CT molecular complexity index is 186. The van der Waals surface area contributed by atoms with Crippen LogP contribution in [0.5, 0.6) is 0 Å². The molecule has 0 aromatic rings. The number of hydrogen-bond donors (Lipinski definition) is 0. The van der Waals surface area contributed by atoms with Gasteiger partial charge in [-0.15, -0.1) is 0 Å². The van der Waals surface area contributed by atoms with E-state index >= 15 is 0 Å². The third-order valence-electron chi connectivity index (χ3n) is 3.02. The molecule has 0 unspecified atom stereocenters. The average molecular weight is 212 g/mol. The van der Waals surface area contributed by atoms with Crippen LogP contribution in [0.1, 0.15) is 46.0 Å². The van der Waals surface area contributed by atoms with Gasteiger partial charge in [-0.1, -0.05) is 19.8 Å². The van der Waals surface area contributed by atoms with Crippen molar-refractivity contribution in [2.75, 3.05) is 26.2 Å². The van der Waals surface area contributed by atoms with E-state index in [0.29, 0.717) is 0 Å². The Labute approximate surface area is 93.4 Å². The summed E-state index contributed by atoms with van der Waals surface area (Å²) in [6.45, 7) is 7.83. The Balaban J connectivity index is 2.47. The molecule has 0 N–H and O–H groups in total. The zero-order valence-electron chi connectivity index (χ0n) is 10.2. The average Bonchev–Trinajstić information content (AvgIpc) is 2.53. The van der Waals surface area contributed by atoms with Gasteiger partial charge in [0.1, 0.15) is 0 Å². The second-order valence-corrected chi connectivity index (χ2v) is 4.26. The van der Waals surface area contributed by atoms with E-state index in [2.05, 4.69) is 13.8 Å². The van der Waals surface area contributed by atoms with E-state index in [-0.39, 0.29) is 6.03 Å². The molecule has 1 rings (SSSR count). The fourth-order valence-electron chi connectivity index (χ4n) is 2.12. The van der Waals surface area contributed by atoms with Crippen molar-refractivity contribution in [3.63, 3.8) is 0 Å². The summed E-state index contributed by atoms with van der Waals surface area (Å²) in [7, 11) is 0. The van der Waals surface area contributed by atoms with Gasteiger partial charge in [0.15, 0.2) is 0 Å². The van der Waals surface area contributed by atoms with Gasteiger partial charge in [-0.25, -0.2) is 4.79 Å². The van der Waals surface area contributed by atoms with Gasteiger partial charge in [-0.05, 0) is 26.2 Å². The zero-order chi connectivity index (χ0) is 11.1. The second kappa shape index (κ2) is 6.70. The number of rotatable bonds is 3. The van der Waals surface area contributed by atoms with Crippen molar-refractivity contribution in [3.8, 4) is 0 Å². The van der Waals surface area contributed by atoms with Gasteiger partial charge < -0.3 is 9.80 Å². The number of carbonyl (C=O) groups is 1. The summed E-state index contributed by atoms with van der Waals surface area (Å²) in [5.74, 6) is 0. The van der Waals surface area contributed by atoms with Crippen molar-refractivity contribution in [1.29, 1.82) is 0 Å². The lowest BCUT2D eigenvalue weighted by Crippen LogP contribution is -2.43. The Kier molecular flexibility index (Phi) is 5.51. The molecule has 88 valence electrons. The molecule has 3 nitrogen and oxygen atoms in total. The highest BCUT2D eigenvalue weighted by atomic mass is 16.2. The van der Waals surface area contributed by atoms with E-state index < -0.39 is 0 Å². The third kappa shape index (κ3) is 3.73. The Hall–Kier alpha value is -0.730. The predicted molar refractivity (Wildman–Crippen MR) is 63.0 cm³/mol. The summed E-state index contributed by atoms with van der Waals surface area (Å²) < 4.78 is 0. The molecule has 1 saturated heterocycles. The molecule has 0 radical (unpaired) electrons. The number of nitrogens with zero attached hydrogens (tertiary/aromatic N) is 2. The molecule has 1 fully saturated rings. The first-order valence-corrected chi connectivity index (χ1v) is 6.33. The topological polar surface area (TPSA) is 23.6 Å². The maximum Gasteiger partial charge on any atom is 0.319 e. The summed E-state index contributed by atoms with van der Waals surface area (Å²) in [5.41, 5.74) is 0. The van der Waals surface area contributed by atoms with Crippen LogP contribution in [0.2, 0.25) is 0 Å². The normalized spacial score (nSPS) is 17.3. The summed E-state index contributed by atoms with van der Waals surface area (Å²) in [6.07, 6.45) is 5.96. The molecule has 0 aromatic carbocycles. The maximum absolute atomic E-state index is 12.1. The fraction of sp³-hybridized carbons (Fsp3) is 0.917. The van der Waals surface area contributed by atoms with Crippen molar-refractivity contribution in [2.45, 2.75) is 46.0 Å².